The Bertz CT molecular complexity index is 1290. The van der Waals surface area contributed by atoms with Crippen molar-refractivity contribution in [2.75, 3.05) is 44.8 Å². The van der Waals surface area contributed by atoms with Gasteiger partial charge in [-0.1, -0.05) is 11.6 Å². The number of imidazole rings is 1. The molecular formula is C25H28ClN7O2. The number of halogens is 1. The van der Waals surface area contributed by atoms with E-state index in [0.29, 0.717) is 28.6 Å². The van der Waals surface area contributed by atoms with Crippen molar-refractivity contribution in [1.29, 1.82) is 0 Å². The number of aromatic nitrogens is 5. The Morgan fingerprint density at radius 2 is 2.00 bits per heavy atom. The molecule has 1 aliphatic rings. The van der Waals surface area contributed by atoms with E-state index in [1.807, 2.05) is 25.1 Å². The average Bonchev–Trinajstić information content (AvgIpc) is 3.37. The molecule has 1 fully saturated rings. The summed E-state index contributed by atoms with van der Waals surface area (Å²) in [5, 5.41) is 4.16. The highest BCUT2D eigenvalue weighted by atomic mass is 35.5. The van der Waals surface area contributed by atoms with Crippen LogP contribution in [-0.2, 0) is 4.74 Å². The lowest BCUT2D eigenvalue weighted by molar-refractivity contribution is 0.0322. The first-order valence-corrected chi connectivity index (χ1v) is 12.1. The van der Waals surface area contributed by atoms with Gasteiger partial charge in [-0.05, 0) is 43.2 Å². The van der Waals surface area contributed by atoms with Crippen LogP contribution < -0.4 is 10.1 Å². The van der Waals surface area contributed by atoms with Gasteiger partial charge in [-0.25, -0.2) is 15.0 Å². The van der Waals surface area contributed by atoms with Gasteiger partial charge in [0.2, 0.25) is 0 Å². The van der Waals surface area contributed by atoms with Gasteiger partial charge in [-0.15, -0.1) is 0 Å². The highest BCUT2D eigenvalue weighted by Gasteiger charge is 2.23. The highest BCUT2D eigenvalue weighted by Crippen LogP contribution is 2.43. The number of pyridine rings is 1. The number of benzene rings is 1. The van der Waals surface area contributed by atoms with E-state index in [9.17, 15) is 0 Å². The lowest BCUT2D eigenvalue weighted by Gasteiger charge is -2.28. The fraction of sp³-hybridized carbons (Fsp3) is 0.360. The first-order chi connectivity index (χ1) is 17.1. The first-order valence-electron chi connectivity index (χ1n) is 11.7. The van der Waals surface area contributed by atoms with Crippen LogP contribution in [0.1, 0.15) is 24.1 Å². The van der Waals surface area contributed by atoms with Crippen molar-refractivity contribution in [2.45, 2.75) is 19.9 Å². The summed E-state index contributed by atoms with van der Waals surface area (Å²) in [5.74, 6) is 1.45. The topological polar surface area (TPSA) is 101 Å². The fourth-order valence-electron chi connectivity index (χ4n) is 4.34. The van der Waals surface area contributed by atoms with Crippen LogP contribution in [0.15, 0.2) is 43.2 Å². The summed E-state index contributed by atoms with van der Waals surface area (Å²) >= 11 is 6.76. The zero-order valence-corrected chi connectivity index (χ0v) is 20.5. The number of H-pyrrole nitrogens is 1. The van der Waals surface area contributed by atoms with Crippen molar-refractivity contribution >= 4 is 28.6 Å². The van der Waals surface area contributed by atoms with Crippen molar-refractivity contribution in [3.63, 3.8) is 0 Å². The zero-order valence-electron chi connectivity index (χ0n) is 19.8. The maximum atomic E-state index is 6.76. The molecule has 0 spiro atoms. The molecule has 0 saturated carbocycles. The Kier molecular flexibility index (Phi) is 7.08. The monoisotopic (exact) mass is 493 g/mol. The summed E-state index contributed by atoms with van der Waals surface area (Å²) in [6, 6.07) is 5.77. The second-order valence-electron chi connectivity index (χ2n) is 8.50. The molecule has 4 aromatic rings. The van der Waals surface area contributed by atoms with Crippen molar-refractivity contribution in [3.8, 4) is 16.9 Å². The third kappa shape index (κ3) is 5.07. The molecule has 0 aliphatic carbocycles. The molecule has 1 atom stereocenters. The summed E-state index contributed by atoms with van der Waals surface area (Å²) in [6.45, 7) is 8.80. The minimum atomic E-state index is -0.165. The highest BCUT2D eigenvalue weighted by molar-refractivity contribution is 6.32. The van der Waals surface area contributed by atoms with Gasteiger partial charge in [0.05, 0.1) is 25.6 Å². The van der Waals surface area contributed by atoms with Crippen molar-refractivity contribution in [3.05, 3.63) is 59.4 Å². The summed E-state index contributed by atoms with van der Waals surface area (Å²) in [4.78, 5) is 22.6. The smallest absolute Gasteiger partial charge is 0.162 e. The average molecular weight is 494 g/mol. The second kappa shape index (κ2) is 10.6. The Morgan fingerprint density at radius 3 is 2.80 bits per heavy atom. The van der Waals surface area contributed by atoms with Crippen LogP contribution in [-0.4, -0.2) is 69.3 Å². The van der Waals surface area contributed by atoms with Gasteiger partial charge in [0, 0.05) is 48.2 Å². The number of rotatable bonds is 8. The number of hydrogen-bond acceptors (Lipinski definition) is 8. The second-order valence-corrected chi connectivity index (χ2v) is 8.91. The fourth-order valence-corrected chi connectivity index (χ4v) is 4.55. The minimum Gasteiger partial charge on any atom is -0.491 e. The van der Waals surface area contributed by atoms with Crippen LogP contribution in [0, 0.1) is 6.92 Å². The molecule has 35 heavy (non-hydrogen) atoms. The number of hydrogen-bond donors (Lipinski definition) is 2. The molecule has 0 amide bonds. The molecule has 1 saturated heterocycles. The third-order valence-corrected chi connectivity index (χ3v) is 6.66. The molecule has 0 radical (unpaired) electrons. The van der Waals surface area contributed by atoms with E-state index >= 15 is 0 Å². The zero-order chi connectivity index (χ0) is 24.2. The summed E-state index contributed by atoms with van der Waals surface area (Å²) in [6.07, 6.45) is 6.69. The maximum absolute atomic E-state index is 6.76. The van der Waals surface area contributed by atoms with Crippen molar-refractivity contribution in [2.24, 2.45) is 0 Å². The number of nitrogens with zero attached hydrogens (tertiary/aromatic N) is 5. The molecule has 4 heterocycles. The lowest BCUT2D eigenvalue weighted by Crippen LogP contribution is -2.38. The quantitative estimate of drug-likeness (QED) is 0.375. The van der Waals surface area contributed by atoms with E-state index in [0.717, 1.165) is 60.9 Å². The predicted molar refractivity (Wildman–Crippen MR) is 136 cm³/mol. The van der Waals surface area contributed by atoms with Gasteiger partial charge in [-0.2, -0.15) is 0 Å². The van der Waals surface area contributed by atoms with Crippen LogP contribution in [0.3, 0.4) is 0 Å². The van der Waals surface area contributed by atoms with Gasteiger partial charge in [0.15, 0.2) is 11.5 Å². The summed E-state index contributed by atoms with van der Waals surface area (Å²) in [5.41, 5.74) is 5.24. The van der Waals surface area contributed by atoms with Crippen LogP contribution in [0.4, 0.5) is 5.82 Å². The van der Waals surface area contributed by atoms with Gasteiger partial charge in [0.25, 0.3) is 0 Å². The van der Waals surface area contributed by atoms with Crippen LogP contribution in [0.2, 0.25) is 5.02 Å². The molecule has 1 unspecified atom stereocenters. The number of anilines is 1. The molecule has 5 rings (SSSR count). The van der Waals surface area contributed by atoms with Crippen molar-refractivity contribution < 1.29 is 9.47 Å². The lowest BCUT2D eigenvalue weighted by atomic mass is 9.94. The van der Waals surface area contributed by atoms with Crippen LogP contribution in [0.5, 0.6) is 5.75 Å². The predicted octanol–water partition coefficient (Wildman–Crippen LogP) is 4.26. The Hall–Kier alpha value is -3.27. The largest absolute Gasteiger partial charge is 0.491 e. The number of aromatic amines is 1. The summed E-state index contributed by atoms with van der Waals surface area (Å²) in [7, 11) is 0. The number of nitrogens with one attached hydrogen (secondary N) is 2. The summed E-state index contributed by atoms with van der Waals surface area (Å²) < 4.78 is 12.0. The van der Waals surface area contributed by atoms with E-state index in [2.05, 4.69) is 42.1 Å². The molecular weight excluding hydrogens is 466 g/mol. The Balaban J connectivity index is 1.50. The van der Waals surface area contributed by atoms with E-state index in [4.69, 9.17) is 21.1 Å². The number of morpholine rings is 1. The van der Waals surface area contributed by atoms with Gasteiger partial charge >= 0.3 is 0 Å². The molecule has 1 aliphatic heterocycles. The normalized spacial score (nSPS) is 15.3. The van der Waals surface area contributed by atoms with Gasteiger partial charge < -0.3 is 19.8 Å². The SMILES string of the molecule is Cc1c(Cl)cc(C(C)Nc2ncnc3[nH]cnc23)c(OCCN2CCOCC2)c1-c1ccncc1. The number of fused-ring (bicyclic) bond motifs is 1. The third-order valence-electron chi connectivity index (χ3n) is 6.27. The van der Waals surface area contributed by atoms with Crippen LogP contribution in [0.25, 0.3) is 22.3 Å². The maximum Gasteiger partial charge on any atom is 0.162 e. The van der Waals surface area contributed by atoms with Crippen molar-refractivity contribution in [1.82, 2.24) is 29.8 Å². The van der Waals surface area contributed by atoms with E-state index < -0.39 is 0 Å². The molecule has 10 heteroatoms. The van der Waals surface area contributed by atoms with Crippen LogP contribution >= 0.6 is 11.6 Å². The Labute approximate surface area is 208 Å². The molecule has 3 aromatic heterocycles. The van der Waals surface area contributed by atoms with E-state index in [-0.39, 0.29) is 6.04 Å². The molecule has 182 valence electrons. The molecule has 2 N–H and O–H groups in total. The Morgan fingerprint density at radius 1 is 1.20 bits per heavy atom. The van der Waals surface area contributed by atoms with Gasteiger partial charge in [0.1, 0.15) is 24.2 Å². The minimum absolute atomic E-state index is 0.165. The van der Waals surface area contributed by atoms with E-state index in [1.165, 1.54) is 6.33 Å². The molecule has 9 nitrogen and oxygen atoms in total. The van der Waals surface area contributed by atoms with Gasteiger partial charge in [-0.3, -0.25) is 9.88 Å². The van der Waals surface area contributed by atoms with E-state index in [1.54, 1.807) is 18.7 Å². The standard InChI is InChI=1S/C25H28ClN7O2/c1-16-20(26)13-19(17(2)32-25-22-24(29-14-28-22)30-15-31-25)23(21(16)18-3-5-27-6-4-18)35-12-9-33-7-10-34-11-8-33/h3-6,13-15,17H,7-12H2,1-2H3,(H2,28,29,30,31,32). The molecule has 1 aromatic carbocycles. The number of ether oxygens (including phenoxy) is 2. The first kappa shape index (κ1) is 23.5. The molecule has 0 bridgehead atoms.